The summed E-state index contributed by atoms with van der Waals surface area (Å²) >= 11 is -5.73. The zero-order valence-electron chi connectivity index (χ0n) is 26.4. The number of hydrogen-bond acceptors (Lipinski definition) is 2. The van der Waals surface area contributed by atoms with Crippen molar-refractivity contribution in [1.82, 2.24) is 0 Å². The molecule has 2 aliphatic rings. The van der Waals surface area contributed by atoms with Crippen molar-refractivity contribution in [3.8, 4) is 11.5 Å². The molecular weight excluding hydrogens is 594 g/mol. The fourth-order valence-corrected chi connectivity index (χ4v) is 24.9. The van der Waals surface area contributed by atoms with E-state index in [1.54, 1.807) is 24.3 Å². The van der Waals surface area contributed by atoms with Gasteiger partial charge in [-0.1, -0.05) is 0 Å². The normalized spacial score (nSPS) is 16.6. The number of benzene rings is 2. The molecule has 0 bridgehead atoms. The molecule has 0 aromatic heterocycles. The average molecular weight is 640 g/mol. The Balaban J connectivity index is 2.36. The van der Waals surface area contributed by atoms with E-state index >= 15 is 0 Å². The summed E-state index contributed by atoms with van der Waals surface area (Å²) in [4.78, 5) is 0. The quantitative estimate of drug-likeness (QED) is 0.313. The van der Waals surface area contributed by atoms with Gasteiger partial charge in [-0.25, -0.2) is 0 Å². The van der Waals surface area contributed by atoms with E-state index in [-0.39, 0.29) is 27.9 Å². The zero-order chi connectivity index (χ0) is 30.5. The second-order valence-corrected chi connectivity index (χ2v) is 25.6. The minimum atomic E-state index is -5.73. The van der Waals surface area contributed by atoms with Gasteiger partial charge in [0.25, 0.3) is 0 Å². The van der Waals surface area contributed by atoms with Crippen molar-refractivity contribution in [2.75, 3.05) is 0 Å². The van der Waals surface area contributed by atoms with Gasteiger partial charge in [-0.05, 0) is 0 Å². The topological polar surface area (TPSA) is 18.5 Å². The second-order valence-electron chi connectivity index (χ2n) is 14.6. The molecule has 0 radical (unpaired) electrons. The van der Waals surface area contributed by atoms with E-state index in [1.165, 1.54) is 42.0 Å². The van der Waals surface area contributed by atoms with Gasteiger partial charge in [0.05, 0.1) is 0 Å². The van der Waals surface area contributed by atoms with Gasteiger partial charge < -0.3 is 0 Å². The molecule has 2 aromatic rings. The van der Waals surface area contributed by atoms with Crippen LogP contribution in [0.3, 0.4) is 0 Å². The van der Waals surface area contributed by atoms with Gasteiger partial charge in [-0.3, -0.25) is 0 Å². The first kappa shape index (κ1) is 31.5. The van der Waals surface area contributed by atoms with Crippen LogP contribution >= 0.6 is 0 Å². The molecule has 0 heterocycles. The first-order valence-corrected chi connectivity index (χ1v) is 20.3. The molecule has 0 N–H and O–H groups in total. The summed E-state index contributed by atoms with van der Waals surface area (Å²) in [5, 5.41) is 0. The van der Waals surface area contributed by atoms with E-state index in [1.807, 2.05) is 0 Å². The van der Waals surface area contributed by atoms with E-state index in [4.69, 9.17) is 5.63 Å². The van der Waals surface area contributed by atoms with Crippen LogP contribution in [0.1, 0.15) is 82.1 Å². The molecule has 5 heteroatoms. The SMILES string of the molecule is C[C](C(C)(C)C)=[Zr]([O]c1ccc(F)cc1)([O]c1ccc(F)cc1)([C]1=C(C(C)(C)C)C=CC1)[C]1=C(C(C)(C)C)C=CC1. The third-order valence-electron chi connectivity index (χ3n) is 8.63. The molecule has 0 saturated heterocycles. The van der Waals surface area contributed by atoms with E-state index in [9.17, 15) is 8.78 Å². The van der Waals surface area contributed by atoms with Gasteiger partial charge in [-0.2, -0.15) is 0 Å². The number of allylic oxidation sites excluding steroid dienone is 8. The summed E-state index contributed by atoms with van der Waals surface area (Å²) in [6, 6.07) is 12.6. The minimum absolute atomic E-state index is 0.192. The summed E-state index contributed by atoms with van der Waals surface area (Å²) in [5.41, 5.74) is 1.72. The molecular formula is C36H46F2O2Zr. The van der Waals surface area contributed by atoms with Gasteiger partial charge in [0.2, 0.25) is 0 Å². The number of rotatable bonds is 6. The number of halogens is 2. The summed E-state index contributed by atoms with van der Waals surface area (Å²) in [6.45, 7) is 22.3. The van der Waals surface area contributed by atoms with Crippen LogP contribution in [0.15, 0.2) is 90.5 Å². The van der Waals surface area contributed by atoms with Gasteiger partial charge in [0, 0.05) is 0 Å². The Kier molecular flexibility index (Phi) is 8.24. The Labute approximate surface area is 247 Å². The van der Waals surface area contributed by atoms with E-state index in [0.717, 1.165) is 3.21 Å². The maximum absolute atomic E-state index is 14.2. The fourth-order valence-electron chi connectivity index (χ4n) is 6.47. The molecule has 220 valence electrons. The standard InChI is InChI=1S/2C9H13.2C6H5FO.C6H12.Zr/c2*1-9(2,3)8-6-4-5-7-8;2*7-5-1-3-6(8)4-2-5;1-5-6(2,3)4;/h2*4,6H,5H2,1-3H3;2*1-4,8H;1-4H3;/q;;;;;+2/p-2. The van der Waals surface area contributed by atoms with Crippen LogP contribution < -0.4 is 5.63 Å². The summed E-state index contributed by atoms with van der Waals surface area (Å²) in [6.07, 6.45) is 10.3. The Morgan fingerprint density at radius 2 is 0.951 bits per heavy atom. The van der Waals surface area contributed by atoms with Crippen LogP contribution in [0.4, 0.5) is 8.78 Å². The first-order chi connectivity index (χ1) is 18.9. The van der Waals surface area contributed by atoms with Crippen molar-refractivity contribution in [3.63, 3.8) is 0 Å². The zero-order valence-corrected chi connectivity index (χ0v) is 28.9. The Hall–Kier alpha value is -2.39. The molecule has 0 atom stereocenters. The molecule has 41 heavy (non-hydrogen) atoms. The fraction of sp³-hybridized carbons (Fsp3) is 0.417. The maximum atomic E-state index is 14.2. The van der Waals surface area contributed by atoms with Crippen LogP contribution in [0.2, 0.25) is 0 Å². The second kappa shape index (κ2) is 10.7. The van der Waals surface area contributed by atoms with Crippen molar-refractivity contribution >= 4 is 3.21 Å². The molecule has 0 aliphatic heterocycles. The molecule has 2 nitrogen and oxygen atoms in total. The van der Waals surface area contributed by atoms with Crippen LogP contribution in [0.5, 0.6) is 11.5 Å². The predicted molar refractivity (Wildman–Crippen MR) is 165 cm³/mol. The van der Waals surface area contributed by atoms with Gasteiger partial charge in [0.15, 0.2) is 0 Å². The molecule has 0 amide bonds. The molecule has 0 spiro atoms. The molecule has 0 unspecified atom stereocenters. The molecule has 2 aliphatic carbocycles. The molecule has 4 rings (SSSR count). The van der Waals surface area contributed by atoms with Crippen molar-refractivity contribution in [3.05, 3.63) is 102 Å². The summed E-state index contributed by atoms with van der Waals surface area (Å²) in [7, 11) is 0. The van der Waals surface area contributed by atoms with Crippen LogP contribution in [-0.4, -0.2) is 3.21 Å². The van der Waals surface area contributed by atoms with Crippen molar-refractivity contribution in [2.45, 2.75) is 82.1 Å². The Morgan fingerprint density at radius 1 is 0.610 bits per heavy atom. The first-order valence-electron chi connectivity index (χ1n) is 14.6. The Morgan fingerprint density at radius 3 is 1.24 bits per heavy atom. The van der Waals surface area contributed by atoms with Gasteiger partial charge in [-0.15, -0.1) is 0 Å². The molecule has 0 saturated carbocycles. The van der Waals surface area contributed by atoms with Gasteiger partial charge >= 0.3 is 249 Å². The van der Waals surface area contributed by atoms with E-state index in [0.29, 0.717) is 24.3 Å². The third kappa shape index (κ3) is 5.68. The predicted octanol–water partition coefficient (Wildman–Crippen LogP) is 10.7. The average Bonchev–Trinajstić information content (AvgIpc) is 3.57. The summed E-state index contributed by atoms with van der Waals surface area (Å²) in [5.74, 6) is 0.501. The number of hydrogen-bond donors (Lipinski definition) is 0. The van der Waals surface area contributed by atoms with E-state index < -0.39 is 19.2 Å². The van der Waals surface area contributed by atoms with Crippen LogP contribution in [-0.2, 0) is 19.2 Å². The van der Waals surface area contributed by atoms with Crippen molar-refractivity contribution in [2.24, 2.45) is 16.2 Å². The van der Waals surface area contributed by atoms with E-state index in [2.05, 4.69) is 93.5 Å². The van der Waals surface area contributed by atoms with Crippen molar-refractivity contribution in [1.29, 1.82) is 0 Å². The summed E-state index contributed by atoms with van der Waals surface area (Å²) < 4.78 is 47.4. The monoisotopic (exact) mass is 638 g/mol. The van der Waals surface area contributed by atoms with Crippen LogP contribution in [0, 0.1) is 27.9 Å². The van der Waals surface area contributed by atoms with Crippen molar-refractivity contribution < 1.29 is 33.6 Å². The van der Waals surface area contributed by atoms with Crippen LogP contribution in [0.25, 0.3) is 0 Å². The molecule has 2 aromatic carbocycles. The van der Waals surface area contributed by atoms with Gasteiger partial charge in [0.1, 0.15) is 0 Å². The molecule has 0 fully saturated rings. The third-order valence-corrected chi connectivity index (χ3v) is 24.6. The Bertz CT molecular complexity index is 1410.